The van der Waals surface area contributed by atoms with Gasteiger partial charge in [0.25, 0.3) is 14.1 Å². The zero-order valence-corrected chi connectivity index (χ0v) is 35.3. The minimum absolute atomic E-state index is 0.0226. The number of hydrogen-bond donors (Lipinski definition) is 0. The van der Waals surface area contributed by atoms with Crippen molar-refractivity contribution in [2.45, 2.75) is 200 Å². The van der Waals surface area contributed by atoms with Crippen LogP contribution in [0.15, 0.2) is 24.3 Å². The Balaban J connectivity index is 4.83. The van der Waals surface area contributed by atoms with Gasteiger partial charge in [0, 0.05) is 6.42 Å². The highest BCUT2D eigenvalue weighted by Gasteiger charge is 2.31. The summed E-state index contributed by atoms with van der Waals surface area (Å²) >= 11 is 0. The summed E-state index contributed by atoms with van der Waals surface area (Å²) in [6.07, 6.45) is 34.6. The molecule has 2 unspecified atom stereocenters. The van der Waals surface area contributed by atoms with Crippen LogP contribution in [0.4, 0.5) is 0 Å². The molecule has 0 rings (SSSR count). The maximum atomic E-state index is 13.1. The van der Waals surface area contributed by atoms with E-state index in [0.29, 0.717) is 19.3 Å². The second-order valence-corrected chi connectivity index (χ2v) is 16.7. The van der Waals surface area contributed by atoms with Gasteiger partial charge in [-0.25, -0.2) is 0 Å². The van der Waals surface area contributed by atoms with E-state index < -0.39 is 26.1 Å². The molecular weight excluding hydrogens is 677 g/mol. The van der Waals surface area contributed by atoms with Gasteiger partial charge < -0.3 is 23.4 Å². The molecule has 9 nitrogen and oxygen atoms in total. The molecule has 0 saturated carbocycles. The predicted molar refractivity (Wildman–Crippen MR) is 213 cm³/mol. The normalized spacial score (nSPS) is 14.5. The van der Waals surface area contributed by atoms with Gasteiger partial charge in [0.15, 0.2) is 0 Å². The number of quaternary nitrogens is 1. The van der Waals surface area contributed by atoms with Gasteiger partial charge in [0.2, 0.25) is 0 Å². The molecule has 0 aliphatic carbocycles. The summed E-state index contributed by atoms with van der Waals surface area (Å²) in [6, 6.07) is 0. The molecule has 0 heterocycles. The number of allylic oxidation sites excluding steroid dienone is 4. The van der Waals surface area contributed by atoms with Crippen molar-refractivity contribution in [3.05, 3.63) is 24.3 Å². The van der Waals surface area contributed by atoms with Gasteiger partial charge >= 0.3 is 11.9 Å². The first-order valence-corrected chi connectivity index (χ1v) is 22.5. The number of phosphoric acid groups is 1. The topological polar surface area (TPSA) is 111 Å². The molecule has 0 amide bonds. The van der Waals surface area contributed by atoms with Crippen LogP contribution in [0.25, 0.3) is 0 Å². The van der Waals surface area contributed by atoms with Crippen LogP contribution in [-0.4, -0.2) is 63.1 Å². The van der Waals surface area contributed by atoms with Crippen molar-refractivity contribution in [1.29, 1.82) is 0 Å². The number of rotatable bonds is 37. The molecule has 0 N–H and O–H groups in total. The highest BCUT2D eigenvalue weighted by atomic mass is 31.2. The minimum Gasteiger partial charge on any atom is -0.756 e. The quantitative estimate of drug-likeness (QED) is 0.0154. The van der Waals surface area contributed by atoms with E-state index in [-0.39, 0.29) is 30.1 Å². The predicted octanol–water partition coefficient (Wildman–Crippen LogP) is 11.3. The van der Waals surface area contributed by atoms with Crippen molar-refractivity contribution in [2.75, 3.05) is 34.4 Å². The summed E-state index contributed by atoms with van der Waals surface area (Å²) in [7, 11) is 0.842. The maximum absolute atomic E-state index is 13.1. The molecule has 0 aromatic heterocycles. The van der Waals surface area contributed by atoms with E-state index in [4.69, 9.17) is 18.5 Å². The molecular formula is C42H80NO8P. The Morgan fingerprint density at radius 2 is 1.12 bits per heavy atom. The molecule has 0 radical (unpaired) electrons. The number of phosphoric ester groups is 1. The summed E-state index contributed by atoms with van der Waals surface area (Å²) in [4.78, 5) is 38.1. The van der Waals surface area contributed by atoms with Crippen LogP contribution in [0.3, 0.4) is 0 Å². The maximum Gasteiger partial charge on any atom is 0.314 e. The van der Waals surface area contributed by atoms with Crippen molar-refractivity contribution >= 4 is 19.8 Å². The number of ether oxygens (including phenoxy) is 2. The zero-order chi connectivity index (χ0) is 38.8. The Labute approximate surface area is 319 Å². The van der Waals surface area contributed by atoms with Crippen LogP contribution in [0.2, 0.25) is 0 Å². The monoisotopic (exact) mass is 758 g/mol. The highest BCUT2D eigenvalue weighted by molar-refractivity contribution is 7.45. The number of carbonyl (C=O) groups is 2. The molecule has 0 aromatic carbocycles. The zero-order valence-electron chi connectivity index (χ0n) is 34.4. The van der Waals surface area contributed by atoms with Gasteiger partial charge in [0.05, 0.1) is 34.2 Å². The minimum atomic E-state index is -4.52. The van der Waals surface area contributed by atoms with E-state index in [1.165, 1.54) is 83.5 Å². The first-order chi connectivity index (χ1) is 24.9. The van der Waals surface area contributed by atoms with Crippen LogP contribution < -0.4 is 4.89 Å². The van der Waals surface area contributed by atoms with E-state index in [2.05, 4.69) is 38.2 Å². The molecule has 0 fully saturated rings. The second-order valence-electron chi connectivity index (χ2n) is 15.3. The van der Waals surface area contributed by atoms with Crippen LogP contribution in [0.1, 0.15) is 188 Å². The Bertz CT molecular complexity index is 964. The summed E-state index contributed by atoms with van der Waals surface area (Å²) in [5.74, 6) is -0.834. The molecule has 0 saturated heterocycles. The SMILES string of the molecule is CCCCC/C=C\C/C=C\CCCCCC(CC(=O)O[C@H](COP(=O)([O-])OCCC)[N+](C)(C)C)OC(=O)CCCCCCCCCCCCCCC. The standard InChI is InChI=1S/C42H80NO8P/c1-7-10-12-14-16-18-20-22-24-26-28-30-32-34-39(37-42(45)51-40(43(4,5)6)38-49-52(46,47)48-36-9-3)50-41(44)35-33-31-29-27-25-23-21-19-17-15-13-11-8-2/h16,18,22,24,39-40H,7-15,17,19-21,23,25-38H2,1-6H3/b18-16-,24-22-/t39?,40-/m1/s1. The number of unbranched alkanes of at least 4 members (excludes halogenated alkanes) is 18. The second kappa shape index (κ2) is 34.0. The molecule has 0 spiro atoms. The number of likely N-dealkylation sites (N-methyl/N-ethyl adjacent to an activating group) is 1. The fourth-order valence-corrected chi connectivity index (χ4v) is 6.55. The smallest absolute Gasteiger partial charge is 0.314 e. The number of nitrogens with zero attached hydrogens (tertiary/aromatic N) is 1. The fourth-order valence-electron chi connectivity index (χ4n) is 5.76. The van der Waals surface area contributed by atoms with E-state index in [9.17, 15) is 19.0 Å². The largest absolute Gasteiger partial charge is 0.756 e. The van der Waals surface area contributed by atoms with Crippen LogP contribution in [-0.2, 0) is 32.7 Å². The highest BCUT2D eigenvalue weighted by Crippen LogP contribution is 2.38. The van der Waals surface area contributed by atoms with Gasteiger partial charge in [-0.3, -0.25) is 18.6 Å². The van der Waals surface area contributed by atoms with Gasteiger partial charge in [-0.05, 0) is 57.8 Å². The van der Waals surface area contributed by atoms with Crippen molar-refractivity contribution in [1.82, 2.24) is 0 Å². The third-order valence-electron chi connectivity index (χ3n) is 9.11. The van der Waals surface area contributed by atoms with Crippen molar-refractivity contribution in [3.8, 4) is 0 Å². The molecule has 52 heavy (non-hydrogen) atoms. The summed E-state index contributed by atoms with van der Waals surface area (Å²) in [5.41, 5.74) is 0. The molecule has 306 valence electrons. The number of esters is 2. The van der Waals surface area contributed by atoms with Crippen molar-refractivity contribution in [3.63, 3.8) is 0 Å². The Hall–Kier alpha value is -1.51. The molecule has 0 aromatic rings. The van der Waals surface area contributed by atoms with Crippen LogP contribution in [0.5, 0.6) is 0 Å². The van der Waals surface area contributed by atoms with Gasteiger partial charge in [0.1, 0.15) is 12.7 Å². The molecule has 0 bridgehead atoms. The van der Waals surface area contributed by atoms with Gasteiger partial charge in [-0.2, -0.15) is 0 Å². The lowest BCUT2D eigenvalue weighted by atomic mass is 10.0. The van der Waals surface area contributed by atoms with Crippen molar-refractivity contribution in [2.24, 2.45) is 0 Å². The lowest BCUT2D eigenvalue weighted by Gasteiger charge is -2.34. The molecule has 0 aliphatic rings. The molecule has 10 heteroatoms. The van der Waals surface area contributed by atoms with E-state index in [1.54, 1.807) is 28.1 Å². The fraction of sp³-hybridized carbons (Fsp3) is 0.857. The van der Waals surface area contributed by atoms with E-state index in [0.717, 1.165) is 57.8 Å². The van der Waals surface area contributed by atoms with Crippen molar-refractivity contribution < 1.29 is 42.1 Å². The van der Waals surface area contributed by atoms with Crippen LogP contribution >= 0.6 is 7.82 Å². The lowest BCUT2D eigenvalue weighted by molar-refractivity contribution is -0.917. The number of carbonyl (C=O) groups excluding carboxylic acids is 2. The first-order valence-electron chi connectivity index (χ1n) is 21.0. The van der Waals surface area contributed by atoms with E-state index in [1.807, 2.05) is 0 Å². The lowest BCUT2D eigenvalue weighted by Crippen LogP contribution is -2.50. The van der Waals surface area contributed by atoms with E-state index >= 15 is 0 Å². The van der Waals surface area contributed by atoms with Crippen LogP contribution in [0, 0.1) is 0 Å². The molecule has 0 aliphatic heterocycles. The third-order valence-corrected chi connectivity index (χ3v) is 10.1. The summed E-state index contributed by atoms with van der Waals surface area (Å²) < 4.78 is 33.7. The average molecular weight is 758 g/mol. The third kappa shape index (κ3) is 33.1. The molecule has 3 atom stereocenters. The summed E-state index contributed by atoms with van der Waals surface area (Å²) in [5, 5.41) is 0. The first kappa shape index (κ1) is 50.5. The summed E-state index contributed by atoms with van der Waals surface area (Å²) in [6.45, 7) is 5.93. The Kier molecular flexibility index (Phi) is 33.0. The Morgan fingerprint density at radius 3 is 1.65 bits per heavy atom. The average Bonchev–Trinajstić information content (AvgIpc) is 3.09. The Morgan fingerprint density at radius 1 is 0.615 bits per heavy atom. The van der Waals surface area contributed by atoms with Gasteiger partial charge in [-0.1, -0.05) is 141 Å². The van der Waals surface area contributed by atoms with Gasteiger partial charge in [-0.15, -0.1) is 0 Å². The number of hydrogen-bond acceptors (Lipinski definition) is 8.